The summed E-state index contributed by atoms with van der Waals surface area (Å²) in [5.41, 5.74) is -0.245. The molecule has 0 bridgehead atoms. The van der Waals surface area contributed by atoms with Crippen LogP contribution in [-0.4, -0.2) is 52.2 Å². The number of nitrogens with zero attached hydrogens (tertiary/aromatic N) is 3. The molecule has 0 aliphatic carbocycles. The largest absolute Gasteiger partial charge is 0.493 e. The second-order valence-electron chi connectivity index (χ2n) is 9.06. The van der Waals surface area contributed by atoms with Gasteiger partial charge in [-0.1, -0.05) is 12.6 Å². The molecule has 0 radical (unpaired) electrons. The van der Waals surface area contributed by atoms with Gasteiger partial charge >= 0.3 is 0 Å². The number of anilines is 2. The van der Waals surface area contributed by atoms with Crippen molar-refractivity contribution < 1.29 is 23.8 Å². The van der Waals surface area contributed by atoms with Crippen molar-refractivity contribution >= 4 is 44.2 Å². The molecule has 0 saturated carbocycles. The summed E-state index contributed by atoms with van der Waals surface area (Å²) in [5, 5.41) is 14.3. The fourth-order valence-corrected chi connectivity index (χ4v) is 4.55. The summed E-state index contributed by atoms with van der Waals surface area (Å²) >= 11 is 3.22. The van der Waals surface area contributed by atoms with Gasteiger partial charge in [0, 0.05) is 42.9 Å². The average Bonchev–Trinajstić information content (AvgIpc) is 2.86. The van der Waals surface area contributed by atoms with E-state index in [1.165, 1.54) is 12.4 Å². The van der Waals surface area contributed by atoms with E-state index in [9.17, 15) is 9.90 Å². The standard InChI is InChI=1S/C26H28BrFN4O4/c1-5-22(33)32-10-8-15(9-11-32)36-21-12-16-19(13-20(21)35-4)29-14-30-25(16)31-24-17(26(2,3)34)6-7-18(27)23(24)28/h5-7,12-15,34H,1,8-11H2,2-4H3,(H,29,30,31). The summed E-state index contributed by atoms with van der Waals surface area (Å²) < 4.78 is 27.2. The number of likely N-dealkylation sites (tertiary alicyclic amines) is 1. The summed E-state index contributed by atoms with van der Waals surface area (Å²) in [7, 11) is 1.55. The highest BCUT2D eigenvalue weighted by molar-refractivity contribution is 9.10. The molecule has 0 spiro atoms. The van der Waals surface area contributed by atoms with Gasteiger partial charge in [0.25, 0.3) is 0 Å². The predicted molar refractivity (Wildman–Crippen MR) is 139 cm³/mol. The lowest BCUT2D eigenvalue weighted by Crippen LogP contribution is -2.41. The number of halogens is 2. The van der Waals surface area contributed by atoms with Crippen LogP contribution < -0.4 is 14.8 Å². The van der Waals surface area contributed by atoms with E-state index in [0.717, 1.165) is 0 Å². The van der Waals surface area contributed by atoms with E-state index in [1.54, 1.807) is 50.1 Å². The molecule has 1 amide bonds. The Morgan fingerprint density at radius 3 is 2.64 bits per heavy atom. The molecule has 1 aliphatic rings. The van der Waals surface area contributed by atoms with Gasteiger partial charge < -0.3 is 24.8 Å². The molecule has 1 aromatic heterocycles. The second kappa shape index (κ2) is 10.4. The Morgan fingerprint density at radius 2 is 2.00 bits per heavy atom. The Balaban J connectivity index is 1.69. The van der Waals surface area contributed by atoms with E-state index in [0.29, 0.717) is 59.7 Å². The SMILES string of the molecule is C=CC(=O)N1CCC(Oc2cc3c(Nc4c(C(C)(C)O)ccc(Br)c4F)ncnc3cc2OC)CC1. The number of rotatable bonds is 7. The first kappa shape index (κ1) is 25.8. The number of carbonyl (C=O) groups excluding carboxylic acids is 1. The molecule has 2 N–H and O–H groups in total. The molecule has 4 rings (SSSR count). The third-order valence-electron chi connectivity index (χ3n) is 6.14. The number of methoxy groups -OCH3 is 1. The van der Waals surface area contributed by atoms with E-state index in [-0.39, 0.29) is 22.2 Å². The number of fused-ring (bicyclic) bond motifs is 1. The van der Waals surface area contributed by atoms with Crippen molar-refractivity contribution in [1.29, 1.82) is 0 Å². The number of aliphatic hydroxyl groups is 1. The summed E-state index contributed by atoms with van der Waals surface area (Å²) in [6.45, 7) is 7.86. The normalized spacial score (nSPS) is 14.6. The van der Waals surface area contributed by atoms with Gasteiger partial charge in [-0.15, -0.1) is 0 Å². The molecule has 1 aliphatic heterocycles. The Hall–Kier alpha value is -3.24. The highest BCUT2D eigenvalue weighted by atomic mass is 79.9. The maximum atomic E-state index is 15.2. The maximum Gasteiger partial charge on any atom is 0.245 e. The summed E-state index contributed by atoms with van der Waals surface area (Å²) in [6.07, 6.45) is 3.90. The molecule has 8 nitrogen and oxygen atoms in total. The lowest BCUT2D eigenvalue weighted by molar-refractivity contribution is -0.127. The first-order valence-corrected chi connectivity index (χ1v) is 12.3. The van der Waals surface area contributed by atoms with Crippen LogP contribution in [0.3, 0.4) is 0 Å². The minimum absolute atomic E-state index is 0.0881. The molecule has 0 atom stereocenters. The number of piperidine rings is 1. The molecule has 1 saturated heterocycles. The molecule has 190 valence electrons. The second-order valence-corrected chi connectivity index (χ2v) is 9.91. The highest BCUT2D eigenvalue weighted by Gasteiger charge is 2.26. The predicted octanol–water partition coefficient (Wildman–Crippen LogP) is 5.07. The van der Waals surface area contributed by atoms with Crippen LogP contribution in [0.4, 0.5) is 15.9 Å². The number of aromatic nitrogens is 2. The van der Waals surface area contributed by atoms with Crippen LogP contribution >= 0.6 is 15.9 Å². The molecule has 2 aromatic carbocycles. The first-order chi connectivity index (χ1) is 17.1. The van der Waals surface area contributed by atoms with Crippen LogP contribution in [0.15, 0.2) is 47.7 Å². The highest BCUT2D eigenvalue weighted by Crippen LogP contribution is 2.39. The van der Waals surface area contributed by atoms with Crippen LogP contribution in [-0.2, 0) is 10.4 Å². The van der Waals surface area contributed by atoms with E-state index < -0.39 is 11.4 Å². The van der Waals surface area contributed by atoms with Crippen LogP contribution in [0.1, 0.15) is 32.3 Å². The quantitative estimate of drug-likeness (QED) is 0.391. The van der Waals surface area contributed by atoms with Crippen LogP contribution in [0.5, 0.6) is 11.5 Å². The van der Waals surface area contributed by atoms with Gasteiger partial charge in [-0.3, -0.25) is 4.79 Å². The van der Waals surface area contributed by atoms with Gasteiger partial charge in [-0.25, -0.2) is 14.4 Å². The third kappa shape index (κ3) is 5.29. The number of nitrogens with one attached hydrogen (secondary N) is 1. The molecule has 1 fully saturated rings. The average molecular weight is 559 g/mol. The van der Waals surface area contributed by atoms with Crippen LogP contribution in [0.25, 0.3) is 10.9 Å². The minimum Gasteiger partial charge on any atom is -0.493 e. The van der Waals surface area contributed by atoms with E-state index in [2.05, 4.69) is 37.8 Å². The lowest BCUT2D eigenvalue weighted by atomic mass is 9.96. The number of amides is 1. The topological polar surface area (TPSA) is 96.8 Å². The smallest absolute Gasteiger partial charge is 0.245 e. The molecule has 0 unspecified atom stereocenters. The van der Waals surface area contributed by atoms with Crippen molar-refractivity contribution in [3.8, 4) is 11.5 Å². The van der Waals surface area contributed by atoms with Gasteiger partial charge in [0.15, 0.2) is 17.3 Å². The number of carbonyl (C=O) groups is 1. The number of benzene rings is 2. The molecular formula is C26H28BrFN4O4. The van der Waals surface area contributed by atoms with Crippen molar-refractivity contribution in [2.45, 2.75) is 38.4 Å². The fourth-order valence-electron chi connectivity index (χ4n) is 4.22. The van der Waals surface area contributed by atoms with Crippen molar-refractivity contribution in [3.05, 3.63) is 59.1 Å². The number of hydrogen-bond donors (Lipinski definition) is 2. The fraction of sp³-hybridized carbons (Fsp3) is 0.346. The molecular weight excluding hydrogens is 531 g/mol. The van der Waals surface area contributed by atoms with E-state index in [4.69, 9.17) is 9.47 Å². The summed E-state index contributed by atoms with van der Waals surface area (Å²) in [5.74, 6) is 0.708. The van der Waals surface area contributed by atoms with Crippen molar-refractivity contribution in [2.24, 2.45) is 0 Å². The third-order valence-corrected chi connectivity index (χ3v) is 6.75. The molecule has 3 aromatic rings. The van der Waals surface area contributed by atoms with Gasteiger partial charge in [0.2, 0.25) is 5.91 Å². The van der Waals surface area contributed by atoms with E-state index >= 15 is 4.39 Å². The van der Waals surface area contributed by atoms with Crippen LogP contribution in [0, 0.1) is 5.82 Å². The molecule has 10 heteroatoms. The van der Waals surface area contributed by atoms with E-state index in [1.807, 2.05) is 0 Å². The monoisotopic (exact) mass is 558 g/mol. The minimum atomic E-state index is -1.30. The number of hydrogen-bond acceptors (Lipinski definition) is 7. The van der Waals surface area contributed by atoms with Gasteiger partial charge in [-0.2, -0.15) is 0 Å². The number of ether oxygens (including phenoxy) is 2. The van der Waals surface area contributed by atoms with Crippen LogP contribution in [0.2, 0.25) is 0 Å². The zero-order chi connectivity index (χ0) is 26.0. The summed E-state index contributed by atoms with van der Waals surface area (Å²) in [4.78, 5) is 22.3. The molecule has 2 heterocycles. The lowest BCUT2D eigenvalue weighted by Gasteiger charge is -2.31. The Morgan fingerprint density at radius 1 is 1.28 bits per heavy atom. The Bertz CT molecular complexity index is 1300. The van der Waals surface area contributed by atoms with Crippen molar-refractivity contribution in [1.82, 2.24) is 14.9 Å². The van der Waals surface area contributed by atoms with Gasteiger partial charge in [0.05, 0.1) is 28.4 Å². The molecule has 36 heavy (non-hydrogen) atoms. The first-order valence-electron chi connectivity index (χ1n) is 11.5. The van der Waals surface area contributed by atoms with Crippen molar-refractivity contribution in [3.63, 3.8) is 0 Å². The Labute approximate surface area is 217 Å². The maximum absolute atomic E-state index is 15.2. The summed E-state index contributed by atoms with van der Waals surface area (Å²) in [6, 6.07) is 6.70. The zero-order valence-electron chi connectivity index (χ0n) is 20.3. The van der Waals surface area contributed by atoms with Gasteiger partial charge in [-0.05, 0) is 48.0 Å². The van der Waals surface area contributed by atoms with Crippen molar-refractivity contribution in [2.75, 3.05) is 25.5 Å². The Kier molecular flexibility index (Phi) is 7.46. The van der Waals surface area contributed by atoms with Gasteiger partial charge in [0.1, 0.15) is 18.2 Å². The zero-order valence-corrected chi connectivity index (χ0v) is 21.9.